The van der Waals surface area contributed by atoms with Gasteiger partial charge in [0.05, 0.1) is 19.8 Å². The summed E-state index contributed by atoms with van der Waals surface area (Å²) in [5.74, 6) is 0.103. The first-order valence-corrected chi connectivity index (χ1v) is 6.59. The highest BCUT2D eigenvalue weighted by atomic mass is 16.5. The molecule has 0 aliphatic carbocycles. The molecule has 1 fully saturated rings. The number of aliphatic carboxylic acids is 1. The molecule has 4 nitrogen and oxygen atoms in total. The van der Waals surface area contributed by atoms with Crippen molar-refractivity contribution in [1.82, 2.24) is 0 Å². The van der Waals surface area contributed by atoms with Gasteiger partial charge in [-0.3, -0.25) is 4.79 Å². The van der Waals surface area contributed by atoms with Crippen LogP contribution in [0.2, 0.25) is 0 Å². The van der Waals surface area contributed by atoms with Gasteiger partial charge in [-0.2, -0.15) is 0 Å². The lowest BCUT2D eigenvalue weighted by atomic mass is 9.90. The van der Waals surface area contributed by atoms with Gasteiger partial charge < -0.3 is 14.6 Å². The Labute approximate surface area is 113 Å². The number of carboxylic acids is 1. The van der Waals surface area contributed by atoms with Gasteiger partial charge in [-0.1, -0.05) is 19.1 Å². The van der Waals surface area contributed by atoms with E-state index in [4.69, 9.17) is 14.6 Å². The lowest BCUT2D eigenvalue weighted by molar-refractivity contribution is -0.137. The van der Waals surface area contributed by atoms with Gasteiger partial charge >= 0.3 is 5.97 Å². The fourth-order valence-electron chi connectivity index (χ4n) is 2.03. The molecular weight excluding hydrogens is 244 g/mol. The Kier molecular flexibility index (Phi) is 4.43. The van der Waals surface area contributed by atoms with E-state index in [-0.39, 0.29) is 11.8 Å². The molecule has 4 heteroatoms. The molecular formula is C15H20O4. The minimum atomic E-state index is -0.745. The maximum Gasteiger partial charge on any atom is 0.303 e. The predicted molar refractivity (Wildman–Crippen MR) is 71.4 cm³/mol. The average molecular weight is 264 g/mol. The Morgan fingerprint density at radius 2 is 2.26 bits per heavy atom. The number of hydrogen-bond acceptors (Lipinski definition) is 3. The van der Waals surface area contributed by atoms with Crippen LogP contribution in [0.25, 0.3) is 0 Å². The van der Waals surface area contributed by atoms with Crippen molar-refractivity contribution in [3.05, 3.63) is 29.8 Å². The summed E-state index contributed by atoms with van der Waals surface area (Å²) in [5.41, 5.74) is 1.26. The summed E-state index contributed by atoms with van der Waals surface area (Å²) in [7, 11) is 0. The molecule has 1 heterocycles. The van der Waals surface area contributed by atoms with Gasteiger partial charge in [0.2, 0.25) is 0 Å². The van der Waals surface area contributed by atoms with Crippen LogP contribution in [0, 0.1) is 5.41 Å². The Hall–Kier alpha value is -1.55. The van der Waals surface area contributed by atoms with Crippen molar-refractivity contribution in [1.29, 1.82) is 0 Å². The van der Waals surface area contributed by atoms with Crippen molar-refractivity contribution in [3.8, 4) is 5.75 Å². The summed E-state index contributed by atoms with van der Waals surface area (Å²) in [5, 5.41) is 8.62. The number of rotatable bonds is 7. The number of benzene rings is 1. The molecule has 1 aliphatic rings. The summed E-state index contributed by atoms with van der Waals surface area (Å²) < 4.78 is 11.0. The van der Waals surface area contributed by atoms with E-state index in [1.807, 2.05) is 24.3 Å². The summed E-state index contributed by atoms with van der Waals surface area (Å²) in [6, 6.07) is 7.88. The van der Waals surface area contributed by atoms with Crippen LogP contribution in [-0.4, -0.2) is 30.9 Å². The van der Waals surface area contributed by atoms with Crippen LogP contribution < -0.4 is 4.74 Å². The van der Waals surface area contributed by atoms with Crippen LogP contribution in [0.4, 0.5) is 0 Å². The monoisotopic (exact) mass is 264 g/mol. The van der Waals surface area contributed by atoms with Gasteiger partial charge in [0, 0.05) is 11.8 Å². The summed E-state index contributed by atoms with van der Waals surface area (Å²) in [6.07, 6.45) is 1.63. The minimum Gasteiger partial charge on any atom is -0.493 e. The second-order valence-electron chi connectivity index (χ2n) is 5.49. The molecule has 1 aliphatic heterocycles. The van der Waals surface area contributed by atoms with E-state index in [1.54, 1.807) is 0 Å². The van der Waals surface area contributed by atoms with E-state index in [2.05, 4.69) is 6.92 Å². The molecule has 104 valence electrons. The molecule has 0 aromatic heterocycles. The van der Waals surface area contributed by atoms with Gasteiger partial charge in [-0.05, 0) is 30.5 Å². The lowest BCUT2D eigenvalue weighted by Gasteiger charge is -2.37. The fraction of sp³-hybridized carbons (Fsp3) is 0.533. The predicted octanol–water partition coefficient (Wildman–Crippen LogP) is 2.51. The maximum absolute atomic E-state index is 10.5. The Bertz CT molecular complexity index is 438. The van der Waals surface area contributed by atoms with Crippen LogP contribution in [0.15, 0.2) is 24.3 Å². The van der Waals surface area contributed by atoms with Crippen LogP contribution in [0.3, 0.4) is 0 Å². The minimum absolute atomic E-state index is 0.138. The Morgan fingerprint density at radius 1 is 1.47 bits per heavy atom. The van der Waals surface area contributed by atoms with Crippen LogP contribution in [0.1, 0.15) is 25.3 Å². The van der Waals surface area contributed by atoms with Crippen LogP contribution >= 0.6 is 0 Å². The highest BCUT2D eigenvalue weighted by Crippen LogP contribution is 2.27. The number of carboxylic acid groups (broad SMARTS) is 1. The maximum atomic E-state index is 10.5. The number of aryl methyl sites for hydroxylation is 1. The van der Waals surface area contributed by atoms with Gasteiger partial charge in [0.1, 0.15) is 5.75 Å². The van der Waals surface area contributed by atoms with Crippen molar-refractivity contribution in [2.24, 2.45) is 5.41 Å². The first kappa shape index (κ1) is 13.9. The first-order valence-electron chi connectivity index (χ1n) is 6.59. The molecule has 0 atom stereocenters. The topological polar surface area (TPSA) is 55.8 Å². The number of ether oxygens (including phenoxy) is 2. The molecule has 0 saturated carbocycles. The number of hydrogen-bond donors (Lipinski definition) is 1. The van der Waals surface area contributed by atoms with Crippen molar-refractivity contribution in [2.45, 2.75) is 26.2 Å². The van der Waals surface area contributed by atoms with Gasteiger partial charge in [0.25, 0.3) is 0 Å². The van der Waals surface area contributed by atoms with E-state index < -0.39 is 5.97 Å². The van der Waals surface area contributed by atoms with E-state index >= 15 is 0 Å². The first-order chi connectivity index (χ1) is 9.07. The van der Waals surface area contributed by atoms with E-state index in [1.165, 1.54) is 0 Å². The Balaban J connectivity index is 1.82. The second kappa shape index (κ2) is 6.06. The highest BCUT2D eigenvalue weighted by molar-refractivity contribution is 5.66. The molecule has 2 rings (SSSR count). The number of carbonyl (C=O) groups is 1. The molecule has 0 radical (unpaired) electrons. The third-order valence-corrected chi connectivity index (χ3v) is 3.24. The molecule has 1 N–H and O–H groups in total. The highest BCUT2D eigenvalue weighted by Gasteiger charge is 2.34. The van der Waals surface area contributed by atoms with Crippen molar-refractivity contribution in [2.75, 3.05) is 19.8 Å². The molecule has 19 heavy (non-hydrogen) atoms. The Morgan fingerprint density at radius 3 is 2.89 bits per heavy atom. The second-order valence-corrected chi connectivity index (χ2v) is 5.49. The molecule has 0 bridgehead atoms. The third-order valence-electron chi connectivity index (χ3n) is 3.24. The third kappa shape index (κ3) is 4.24. The largest absolute Gasteiger partial charge is 0.493 e. The zero-order chi connectivity index (χ0) is 13.7. The molecule has 1 aromatic carbocycles. The summed E-state index contributed by atoms with van der Waals surface area (Å²) >= 11 is 0. The molecule has 0 spiro atoms. The smallest absolute Gasteiger partial charge is 0.303 e. The van der Waals surface area contributed by atoms with Crippen LogP contribution in [0.5, 0.6) is 5.75 Å². The molecule has 1 aromatic rings. The van der Waals surface area contributed by atoms with Gasteiger partial charge in [-0.25, -0.2) is 0 Å². The SMILES string of the molecule is CC1(COc2cccc(CCCC(=O)O)c2)COC1. The van der Waals surface area contributed by atoms with Crippen molar-refractivity contribution < 1.29 is 19.4 Å². The zero-order valence-electron chi connectivity index (χ0n) is 11.2. The van der Waals surface area contributed by atoms with Crippen molar-refractivity contribution >= 4 is 5.97 Å². The van der Waals surface area contributed by atoms with Crippen LogP contribution in [-0.2, 0) is 16.0 Å². The standard InChI is InChI=1S/C15H20O4/c1-15(9-18-10-15)11-19-13-6-2-4-12(8-13)5-3-7-14(16)17/h2,4,6,8H,3,5,7,9-11H2,1H3,(H,16,17). The van der Waals surface area contributed by atoms with Gasteiger partial charge in [0.15, 0.2) is 0 Å². The normalized spacial score (nSPS) is 16.7. The van der Waals surface area contributed by atoms with E-state index in [0.29, 0.717) is 13.0 Å². The zero-order valence-corrected chi connectivity index (χ0v) is 11.2. The molecule has 0 unspecified atom stereocenters. The van der Waals surface area contributed by atoms with E-state index in [9.17, 15) is 4.79 Å². The summed E-state index contributed by atoms with van der Waals surface area (Å²) in [4.78, 5) is 10.5. The van der Waals surface area contributed by atoms with E-state index in [0.717, 1.165) is 30.9 Å². The van der Waals surface area contributed by atoms with Crippen molar-refractivity contribution in [3.63, 3.8) is 0 Å². The fourth-order valence-corrected chi connectivity index (χ4v) is 2.03. The quantitative estimate of drug-likeness (QED) is 0.822. The summed E-state index contributed by atoms with van der Waals surface area (Å²) in [6.45, 7) is 4.31. The van der Waals surface area contributed by atoms with Gasteiger partial charge in [-0.15, -0.1) is 0 Å². The lowest BCUT2D eigenvalue weighted by Crippen LogP contribution is -2.44. The molecule has 0 amide bonds. The molecule has 1 saturated heterocycles. The average Bonchev–Trinajstić information content (AvgIpc) is 2.34.